The summed E-state index contributed by atoms with van der Waals surface area (Å²) in [5.41, 5.74) is 0. The third-order valence-corrected chi connectivity index (χ3v) is 1.92. The molecule has 2 unspecified atom stereocenters. The maximum Gasteiger partial charge on any atom is 0.331 e. The molecule has 2 atom stereocenters. The van der Waals surface area contributed by atoms with Gasteiger partial charge in [-0.1, -0.05) is 0 Å². The minimum absolute atomic E-state index is 0.258. The fraction of sp³-hybridized carbons (Fsp3) is 1.00. The summed E-state index contributed by atoms with van der Waals surface area (Å²) in [5.74, 6) is 0. The molecule has 0 spiro atoms. The highest BCUT2D eigenvalue weighted by Gasteiger charge is 2.07. The Labute approximate surface area is 67.0 Å². The van der Waals surface area contributed by atoms with Crippen LogP contribution in [0.1, 0.15) is 0 Å². The molecule has 0 saturated heterocycles. The quantitative estimate of drug-likeness (QED) is 0.490. The van der Waals surface area contributed by atoms with Crippen LogP contribution in [-0.2, 0) is 18.1 Å². The van der Waals surface area contributed by atoms with Crippen LogP contribution in [0.15, 0.2) is 0 Å². The summed E-state index contributed by atoms with van der Waals surface area (Å²) < 4.78 is 17.8. The molecular formula is C3H10O6P2. The summed E-state index contributed by atoms with van der Waals surface area (Å²) >= 11 is 0. The van der Waals surface area contributed by atoms with Gasteiger partial charge >= 0.3 is 17.2 Å². The Balaban J connectivity index is 3.13. The summed E-state index contributed by atoms with van der Waals surface area (Å²) in [6.07, 6.45) is 0. The van der Waals surface area contributed by atoms with Crippen molar-refractivity contribution in [3.05, 3.63) is 0 Å². The third kappa shape index (κ3) is 7.00. The molecule has 0 aliphatic heterocycles. The average Bonchev–Trinajstić information content (AvgIpc) is 2.04. The van der Waals surface area contributed by atoms with E-state index in [4.69, 9.17) is 9.79 Å². The van der Waals surface area contributed by atoms with Crippen molar-refractivity contribution in [1.82, 2.24) is 0 Å². The predicted molar refractivity (Wildman–Crippen MR) is 39.3 cm³/mol. The Bertz CT molecular complexity index is 81.9. The molecular weight excluding hydrogens is 194 g/mol. The van der Waals surface area contributed by atoms with Crippen LogP contribution >= 0.6 is 17.2 Å². The van der Waals surface area contributed by atoms with Crippen molar-refractivity contribution in [3.8, 4) is 0 Å². The zero-order valence-electron chi connectivity index (χ0n) is 6.13. The van der Waals surface area contributed by atoms with Crippen molar-refractivity contribution in [2.24, 2.45) is 0 Å². The van der Waals surface area contributed by atoms with Crippen molar-refractivity contribution >= 4 is 17.2 Å². The first kappa shape index (κ1) is 11.6. The second-order valence-corrected chi connectivity index (χ2v) is 3.41. The fourth-order valence-electron chi connectivity index (χ4n) is 0.219. The molecule has 2 N–H and O–H groups in total. The van der Waals surface area contributed by atoms with Crippen LogP contribution < -0.4 is 0 Å². The summed E-state index contributed by atoms with van der Waals surface area (Å²) in [7, 11) is -1.20. The highest BCUT2D eigenvalue weighted by molar-refractivity contribution is 7.41. The van der Waals surface area contributed by atoms with Crippen LogP contribution in [0.3, 0.4) is 0 Å². The molecule has 0 aromatic carbocycles. The Morgan fingerprint density at radius 1 is 1.00 bits per heavy atom. The van der Waals surface area contributed by atoms with Crippen molar-refractivity contribution in [1.29, 1.82) is 0 Å². The highest BCUT2D eigenvalue weighted by Crippen LogP contribution is 2.35. The van der Waals surface area contributed by atoms with E-state index >= 15 is 0 Å². The van der Waals surface area contributed by atoms with Gasteiger partial charge in [-0.2, -0.15) is 0 Å². The molecule has 6 nitrogen and oxygen atoms in total. The predicted octanol–water partition coefficient (Wildman–Crippen LogP) is 0.708. The lowest BCUT2D eigenvalue weighted by molar-refractivity contribution is 0.0823. The van der Waals surface area contributed by atoms with E-state index in [2.05, 4.69) is 18.1 Å². The summed E-state index contributed by atoms with van der Waals surface area (Å²) in [6, 6.07) is 0. The van der Waals surface area contributed by atoms with Crippen LogP contribution in [0.2, 0.25) is 0 Å². The standard InChI is InChI=1S/C3H10O6P2/c1-6-10(4)8-3-9-11(5)7-2/h4-5H,3H2,1-2H3. The van der Waals surface area contributed by atoms with Gasteiger partial charge in [0.05, 0.1) is 0 Å². The Kier molecular flexibility index (Phi) is 7.69. The third-order valence-electron chi connectivity index (χ3n) is 0.639. The Hall–Kier alpha value is 0.620. The molecule has 0 heterocycles. The summed E-state index contributed by atoms with van der Waals surface area (Å²) in [6.45, 7) is -0.258. The monoisotopic (exact) mass is 204 g/mol. The van der Waals surface area contributed by atoms with Gasteiger partial charge < -0.3 is 18.8 Å². The first-order chi connectivity index (χ1) is 5.20. The normalized spacial score (nSPS) is 16.4. The molecule has 11 heavy (non-hydrogen) atoms. The van der Waals surface area contributed by atoms with Crippen LogP contribution in [0.4, 0.5) is 0 Å². The fourth-order valence-corrected chi connectivity index (χ4v) is 0.799. The summed E-state index contributed by atoms with van der Waals surface area (Å²) in [5, 5.41) is 0. The molecule has 68 valence electrons. The van der Waals surface area contributed by atoms with E-state index in [1.165, 1.54) is 14.2 Å². The van der Waals surface area contributed by atoms with E-state index in [0.717, 1.165) is 0 Å². The van der Waals surface area contributed by atoms with E-state index in [9.17, 15) is 0 Å². The van der Waals surface area contributed by atoms with Gasteiger partial charge in [-0.25, -0.2) is 0 Å². The van der Waals surface area contributed by atoms with Crippen molar-refractivity contribution in [2.75, 3.05) is 21.0 Å². The molecule has 0 rings (SSSR count). The molecule has 0 amide bonds. The SMILES string of the molecule is COP(O)OCOP(O)OC. The zero-order valence-corrected chi connectivity index (χ0v) is 7.92. The van der Waals surface area contributed by atoms with Crippen LogP contribution in [0.25, 0.3) is 0 Å². The largest absolute Gasteiger partial charge is 0.331 e. The first-order valence-corrected chi connectivity index (χ1v) is 4.78. The lowest BCUT2D eigenvalue weighted by atomic mass is 11.6. The van der Waals surface area contributed by atoms with E-state index in [1.54, 1.807) is 0 Å². The molecule has 0 fully saturated rings. The molecule has 0 saturated carbocycles. The molecule has 0 aromatic rings. The summed E-state index contributed by atoms with van der Waals surface area (Å²) in [4.78, 5) is 17.3. The van der Waals surface area contributed by atoms with Gasteiger partial charge in [0, 0.05) is 14.2 Å². The second kappa shape index (κ2) is 7.28. The van der Waals surface area contributed by atoms with Crippen molar-refractivity contribution in [3.63, 3.8) is 0 Å². The average molecular weight is 204 g/mol. The van der Waals surface area contributed by atoms with Crippen LogP contribution in [-0.4, -0.2) is 30.8 Å². The highest BCUT2D eigenvalue weighted by atomic mass is 31.2. The second-order valence-electron chi connectivity index (χ2n) is 1.22. The van der Waals surface area contributed by atoms with Gasteiger partial charge in [0.25, 0.3) is 0 Å². The molecule has 0 bridgehead atoms. The van der Waals surface area contributed by atoms with E-state index in [-0.39, 0.29) is 6.79 Å². The van der Waals surface area contributed by atoms with Crippen LogP contribution in [0.5, 0.6) is 0 Å². The lowest BCUT2D eigenvalue weighted by Gasteiger charge is -2.09. The van der Waals surface area contributed by atoms with Gasteiger partial charge in [0.15, 0.2) is 6.79 Å². The molecule has 0 aromatic heterocycles. The van der Waals surface area contributed by atoms with Gasteiger partial charge in [-0.05, 0) is 0 Å². The van der Waals surface area contributed by atoms with E-state index < -0.39 is 17.2 Å². The first-order valence-electron chi connectivity index (χ1n) is 2.52. The topological polar surface area (TPSA) is 77.4 Å². The smallest absolute Gasteiger partial charge is 0.328 e. The number of rotatable bonds is 6. The van der Waals surface area contributed by atoms with Gasteiger partial charge in [-0.15, -0.1) is 0 Å². The number of hydrogen-bond donors (Lipinski definition) is 2. The van der Waals surface area contributed by atoms with Crippen molar-refractivity contribution < 1.29 is 27.9 Å². The Morgan fingerprint density at radius 2 is 1.36 bits per heavy atom. The van der Waals surface area contributed by atoms with Crippen LogP contribution in [0, 0.1) is 0 Å². The Morgan fingerprint density at radius 3 is 1.64 bits per heavy atom. The lowest BCUT2D eigenvalue weighted by Crippen LogP contribution is -1.93. The zero-order chi connectivity index (χ0) is 8.69. The van der Waals surface area contributed by atoms with Gasteiger partial charge in [0.1, 0.15) is 0 Å². The number of hydrogen-bond acceptors (Lipinski definition) is 6. The van der Waals surface area contributed by atoms with Gasteiger partial charge in [-0.3, -0.25) is 9.05 Å². The molecule has 0 aliphatic carbocycles. The van der Waals surface area contributed by atoms with Gasteiger partial charge in [0.2, 0.25) is 0 Å². The minimum Gasteiger partial charge on any atom is -0.328 e. The molecule has 0 aliphatic rings. The maximum absolute atomic E-state index is 8.67. The molecule has 8 heteroatoms. The maximum atomic E-state index is 8.67. The van der Waals surface area contributed by atoms with E-state index in [0.29, 0.717) is 0 Å². The van der Waals surface area contributed by atoms with E-state index in [1.807, 2.05) is 0 Å². The molecule has 0 radical (unpaired) electrons. The van der Waals surface area contributed by atoms with Crippen molar-refractivity contribution in [2.45, 2.75) is 0 Å². The minimum atomic E-state index is -1.90.